The SMILES string of the molecule is CCCNCC1CCC(COc2ccc(Cl)cc2Br)O1. The monoisotopic (exact) mass is 361 g/mol. The molecule has 1 aromatic rings. The molecule has 1 saturated heterocycles. The third-order valence-corrected chi connectivity index (χ3v) is 4.17. The molecule has 0 spiro atoms. The van der Waals surface area contributed by atoms with E-state index >= 15 is 0 Å². The quantitative estimate of drug-likeness (QED) is 0.743. The topological polar surface area (TPSA) is 30.5 Å². The van der Waals surface area contributed by atoms with Crippen LogP contribution in [0.25, 0.3) is 0 Å². The van der Waals surface area contributed by atoms with E-state index < -0.39 is 0 Å². The summed E-state index contributed by atoms with van der Waals surface area (Å²) < 4.78 is 12.6. The van der Waals surface area contributed by atoms with Crippen molar-refractivity contribution in [2.75, 3.05) is 19.7 Å². The Kier molecular flexibility index (Phi) is 6.62. The van der Waals surface area contributed by atoms with Crippen LogP contribution in [0.15, 0.2) is 22.7 Å². The second-order valence-electron chi connectivity index (χ2n) is 5.05. The first-order chi connectivity index (χ1) is 9.69. The molecular weight excluding hydrogens is 342 g/mol. The van der Waals surface area contributed by atoms with Gasteiger partial charge in [-0.25, -0.2) is 0 Å². The van der Waals surface area contributed by atoms with E-state index in [1.54, 1.807) is 0 Å². The minimum absolute atomic E-state index is 0.186. The zero-order chi connectivity index (χ0) is 14.4. The van der Waals surface area contributed by atoms with Crippen molar-refractivity contribution in [2.24, 2.45) is 0 Å². The van der Waals surface area contributed by atoms with Crippen LogP contribution < -0.4 is 10.1 Å². The minimum atomic E-state index is 0.186. The number of rotatable bonds is 7. The molecule has 2 atom stereocenters. The zero-order valence-electron chi connectivity index (χ0n) is 11.7. The summed E-state index contributed by atoms with van der Waals surface area (Å²) in [6.45, 7) is 4.75. The second kappa shape index (κ2) is 8.23. The number of halogens is 2. The van der Waals surface area contributed by atoms with Crippen molar-refractivity contribution in [3.63, 3.8) is 0 Å². The first kappa shape index (κ1) is 16.1. The second-order valence-corrected chi connectivity index (χ2v) is 6.34. The smallest absolute Gasteiger partial charge is 0.133 e. The Bertz CT molecular complexity index is 430. The summed E-state index contributed by atoms with van der Waals surface area (Å²) in [6, 6.07) is 5.54. The van der Waals surface area contributed by atoms with Gasteiger partial charge in [0.05, 0.1) is 16.7 Å². The molecule has 2 rings (SSSR count). The fraction of sp³-hybridized carbons (Fsp3) is 0.600. The summed E-state index contributed by atoms with van der Waals surface area (Å²) in [5.41, 5.74) is 0. The van der Waals surface area contributed by atoms with Gasteiger partial charge in [-0.3, -0.25) is 0 Å². The maximum Gasteiger partial charge on any atom is 0.133 e. The highest BCUT2D eigenvalue weighted by Crippen LogP contribution is 2.29. The van der Waals surface area contributed by atoms with Crippen molar-refractivity contribution in [3.05, 3.63) is 27.7 Å². The average molecular weight is 363 g/mol. The van der Waals surface area contributed by atoms with Gasteiger partial charge in [-0.2, -0.15) is 0 Å². The van der Waals surface area contributed by atoms with Gasteiger partial charge in [0.25, 0.3) is 0 Å². The summed E-state index contributed by atoms with van der Waals surface area (Å²) in [7, 11) is 0. The van der Waals surface area contributed by atoms with Crippen LogP contribution in [0.5, 0.6) is 5.75 Å². The number of hydrogen-bond donors (Lipinski definition) is 1. The molecule has 2 unspecified atom stereocenters. The predicted molar refractivity (Wildman–Crippen MR) is 85.7 cm³/mol. The lowest BCUT2D eigenvalue weighted by Crippen LogP contribution is -2.28. The summed E-state index contributed by atoms with van der Waals surface area (Å²) in [4.78, 5) is 0. The van der Waals surface area contributed by atoms with E-state index in [0.717, 1.165) is 42.6 Å². The number of hydrogen-bond acceptors (Lipinski definition) is 3. The van der Waals surface area contributed by atoms with Crippen molar-refractivity contribution >= 4 is 27.5 Å². The molecule has 1 aromatic carbocycles. The highest BCUT2D eigenvalue weighted by molar-refractivity contribution is 9.10. The largest absolute Gasteiger partial charge is 0.490 e. The van der Waals surface area contributed by atoms with E-state index in [1.807, 2.05) is 18.2 Å². The standard InChI is InChI=1S/C15H21BrClNO2/c1-2-7-18-9-12-4-5-13(20-12)10-19-15-6-3-11(17)8-14(15)16/h3,6,8,12-13,18H,2,4-5,7,9-10H2,1H3. The Hall–Kier alpha value is -0.290. The van der Waals surface area contributed by atoms with E-state index in [0.29, 0.717) is 17.7 Å². The third kappa shape index (κ3) is 4.92. The Morgan fingerprint density at radius 2 is 2.20 bits per heavy atom. The van der Waals surface area contributed by atoms with Crippen LogP contribution in [0.2, 0.25) is 5.02 Å². The molecular formula is C15H21BrClNO2. The Labute approximate surface area is 134 Å². The number of ether oxygens (including phenoxy) is 2. The van der Waals surface area contributed by atoms with Gasteiger partial charge in [-0.1, -0.05) is 18.5 Å². The molecule has 0 radical (unpaired) electrons. The van der Waals surface area contributed by atoms with E-state index in [4.69, 9.17) is 21.1 Å². The molecule has 1 aliphatic heterocycles. The molecule has 20 heavy (non-hydrogen) atoms. The molecule has 1 fully saturated rings. The van der Waals surface area contributed by atoms with E-state index in [-0.39, 0.29) is 6.10 Å². The molecule has 1 N–H and O–H groups in total. The van der Waals surface area contributed by atoms with E-state index in [9.17, 15) is 0 Å². The number of nitrogens with one attached hydrogen (secondary N) is 1. The van der Waals surface area contributed by atoms with Crippen molar-refractivity contribution in [1.82, 2.24) is 5.32 Å². The summed E-state index contributed by atoms with van der Waals surface area (Å²) in [6.07, 6.45) is 3.83. The highest BCUT2D eigenvalue weighted by Gasteiger charge is 2.25. The van der Waals surface area contributed by atoms with Crippen molar-refractivity contribution < 1.29 is 9.47 Å². The van der Waals surface area contributed by atoms with Crippen LogP contribution in [0.3, 0.4) is 0 Å². The maximum absolute atomic E-state index is 5.96. The molecule has 3 nitrogen and oxygen atoms in total. The van der Waals surface area contributed by atoms with Crippen LogP contribution >= 0.6 is 27.5 Å². The lowest BCUT2D eigenvalue weighted by Gasteiger charge is -2.15. The fourth-order valence-corrected chi connectivity index (χ4v) is 3.06. The van der Waals surface area contributed by atoms with Gasteiger partial charge in [0.15, 0.2) is 0 Å². The average Bonchev–Trinajstić information content (AvgIpc) is 2.86. The van der Waals surface area contributed by atoms with Gasteiger partial charge < -0.3 is 14.8 Å². The minimum Gasteiger partial charge on any atom is -0.490 e. The van der Waals surface area contributed by atoms with Gasteiger partial charge in [-0.15, -0.1) is 0 Å². The van der Waals surface area contributed by atoms with Gasteiger partial charge in [-0.05, 0) is 59.9 Å². The highest BCUT2D eigenvalue weighted by atomic mass is 79.9. The molecule has 1 heterocycles. The Morgan fingerprint density at radius 3 is 2.95 bits per heavy atom. The van der Waals surface area contributed by atoms with Gasteiger partial charge >= 0.3 is 0 Å². The van der Waals surface area contributed by atoms with Crippen molar-refractivity contribution in [3.8, 4) is 5.75 Å². The predicted octanol–water partition coefficient (Wildman–Crippen LogP) is 4.03. The lowest BCUT2D eigenvalue weighted by atomic mass is 10.2. The summed E-state index contributed by atoms with van der Waals surface area (Å²) in [5.74, 6) is 0.811. The van der Waals surface area contributed by atoms with Crippen LogP contribution in [0, 0.1) is 0 Å². The first-order valence-corrected chi connectivity index (χ1v) is 8.30. The Balaban J connectivity index is 1.72. The van der Waals surface area contributed by atoms with Crippen LogP contribution in [0.1, 0.15) is 26.2 Å². The molecule has 0 bridgehead atoms. The third-order valence-electron chi connectivity index (χ3n) is 3.31. The molecule has 0 aliphatic carbocycles. The van der Waals surface area contributed by atoms with Gasteiger partial charge in [0, 0.05) is 11.6 Å². The first-order valence-electron chi connectivity index (χ1n) is 7.13. The normalized spacial score (nSPS) is 22.1. The Morgan fingerprint density at radius 1 is 1.40 bits per heavy atom. The summed E-state index contributed by atoms with van der Waals surface area (Å²) >= 11 is 9.36. The lowest BCUT2D eigenvalue weighted by molar-refractivity contribution is 0.0185. The van der Waals surface area contributed by atoms with Crippen LogP contribution in [-0.4, -0.2) is 31.9 Å². The molecule has 0 aromatic heterocycles. The number of benzene rings is 1. The van der Waals surface area contributed by atoms with Gasteiger partial charge in [0.1, 0.15) is 12.4 Å². The van der Waals surface area contributed by atoms with Crippen LogP contribution in [-0.2, 0) is 4.74 Å². The van der Waals surface area contributed by atoms with Crippen LogP contribution in [0.4, 0.5) is 0 Å². The molecule has 112 valence electrons. The molecule has 1 aliphatic rings. The fourth-order valence-electron chi connectivity index (χ4n) is 2.27. The maximum atomic E-state index is 5.96. The molecule has 0 saturated carbocycles. The van der Waals surface area contributed by atoms with E-state index in [2.05, 4.69) is 28.2 Å². The van der Waals surface area contributed by atoms with E-state index in [1.165, 1.54) is 0 Å². The molecule has 0 amide bonds. The van der Waals surface area contributed by atoms with Crippen molar-refractivity contribution in [2.45, 2.75) is 38.4 Å². The van der Waals surface area contributed by atoms with Gasteiger partial charge in [0.2, 0.25) is 0 Å². The summed E-state index contributed by atoms with van der Waals surface area (Å²) in [5, 5.41) is 4.10. The van der Waals surface area contributed by atoms with Crippen molar-refractivity contribution in [1.29, 1.82) is 0 Å². The molecule has 5 heteroatoms. The zero-order valence-corrected chi connectivity index (χ0v) is 14.0.